The van der Waals surface area contributed by atoms with Crippen LogP contribution >= 0.6 is 0 Å². The summed E-state index contributed by atoms with van der Waals surface area (Å²) in [5, 5.41) is 19.3. The summed E-state index contributed by atoms with van der Waals surface area (Å²) >= 11 is 0. The minimum Gasteiger partial charge on any atom is -0.396 e. The Morgan fingerprint density at radius 3 is 2.56 bits per heavy atom. The third-order valence-electron chi connectivity index (χ3n) is 4.85. The number of β-amino-alcohol motifs (C(OH)–C–C–N with tert-alkyl or cyclic N) is 1. The first kappa shape index (κ1) is 17.6. The molecule has 1 fully saturated rings. The van der Waals surface area contributed by atoms with E-state index in [0.717, 1.165) is 16.7 Å². The smallest absolute Gasteiger partial charge is 0.253 e. The molecule has 1 heterocycles. The molecule has 1 aliphatic heterocycles. The van der Waals surface area contributed by atoms with Crippen LogP contribution in [-0.2, 0) is 6.54 Å². The molecule has 1 amide bonds. The first-order valence-electron chi connectivity index (χ1n) is 8.60. The van der Waals surface area contributed by atoms with Crippen molar-refractivity contribution in [2.24, 2.45) is 11.7 Å². The van der Waals surface area contributed by atoms with E-state index >= 15 is 0 Å². The van der Waals surface area contributed by atoms with Gasteiger partial charge in [0.15, 0.2) is 0 Å². The van der Waals surface area contributed by atoms with Gasteiger partial charge in [0.2, 0.25) is 0 Å². The average Bonchev–Trinajstić information content (AvgIpc) is 2.67. The number of carbonyl (C=O) groups excluding carboxylic acids is 1. The number of hydrogen-bond donors (Lipinski definition) is 3. The SMILES string of the molecule is NCc1cccc(-c2cccc(C(=O)N3CCC(CO)C(O)C3)c2)c1. The van der Waals surface area contributed by atoms with Crippen molar-refractivity contribution in [3.05, 3.63) is 59.7 Å². The lowest BCUT2D eigenvalue weighted by atomic mass is 9.94. The van der Waals surface area contributed by atoms with Gasteiger partial charge in [-0.05, 0) is 41.3 Å². The Kier molecular flexibility index (Phi) is 5.48. The number of carbonyl (C=O) groups is 1. The molecule has 132 valence electrons. The van der Waals surface area contributed by atoms with Gasteiger partial charge in [0.25, 0.3) is 5.91 Å². The second-order valence-corrected chi connectivity index (χ2v) is 6.54. The molecular weight excluding hydrogens is 316 g/mol. The highest BCUT2D eigenvalue weighted by atomic mass is 16.3. The fourth-order valence-corrected chi connectivity index (χ4v) is 3.27. The van der Waals surface area contributed by atoms with Gasteiger partial charge < -0.3 is 20.8 Å². The molecule has 2 aromatic rings. The van der Waals surface area contributed by atoms with Crippen LogP contribution in [0.25, 0.3) is 11.1 Å². The molecule has 2 atom stereocenters. The molecule has 25 heavy (non-hydrogen) atoms. The van der Waals surface area contributed by atoms with Crippen LogP contribution in [-0.4, -0.2) is 46.8 Å². The molecule has 5 nitrogen and oxygen atoms in total. The molecule has 0 bridgehead atoms. The summed E-state index contributed by atoms with van der Waals surface area (Å²) in [5.41, 5.74) is 9.34. The zero-order valence-corrected chi connectivity index (χ0v) is 14.1. The Labute approximate surface area is 147 Å². The van der Waals surface area contributed by atoms with Crippen molar-refractivity contribution in [1.82, 2.24) is 4.90 Å². The largest absolute Gasteiger partial charge is 0.396 e. The summed E-state index contributed by atoms with van der Waals surface area (Å²) in [4.78, 5) is 14.4. The first-order valence-corrected chi connectivity index (χ1v) is 8.60. The van der Waals surface area contributed by atoms with E-state index in [1.54, 1.807) is 11.0 Å². The fraction of sp³-hybridized carbons (Fsp3) is 0.350. The first-order chi connectivity index (χ1) is 12.1. The quantitative estimate of drug-likeness (QED) is 0.789. The summed E-state index contributed by atoms with van der Waals surface area (Å²) in [6, 6.07) is 15.5. The summed E-state index contributed by atoms with van der Waals surface area (Å²) in [6.45, 7) is 1.24. The average molecular weight is 340 g/mol. The van der Waals surface area contributed by atoms with Gasteiger partial charge in [-0.1, -0.05) is 30.3 Å². The molecule has 2 unspecified atom stereocenters. The van der Waals surface area contributed by atoms with E-state index in [1.165, 1.54) is 0 Å². The predicted octanol–water partition coefficient (Wildman–Crippen LogP) is 1.63. The van der Waals surface area contributed by atoms with E-state index in [9.17, 15) is 15.0 Å². The van der Waals surface area contributed by atoms with Crippen LogP contribution in [0.3, 0.4) is 0 Å². The van der Waals surface area contributed by atoms with Gasteiger partial charge in [-0.15, -0.1) is 0 Å². The highest BCUT2D eigenvalue weighted by Gasteiger charge is 2.30. The number of nitrogens with zero attached hydrogens (tertiary/aromatic N) is 1. The number of benzene rings is 2. The summed E-state index contributed by atoms with van der Waals surface area (Å²) in [7, 11) is 0. The monoisotopic (exact) mass is 340 g/mol. The topological polar surface area (TPSA) is 86.8 Å². The molecule has 0 radical (unpaired) electrons. The number of aliphatic hydroxyl groups excluding tert-OH is 2. The maximum atomic E-state index is 12.8. The zero-order chi connectivity index (χ0) is 17.8. The van der Waals surface area contributed by atoms with Crippen LogP contribution in [0.2, 0.25) is 0 Å². The molecule has 5 heteroatoms. The number of amides is 1. The Bertz CT molecular complexity index is 747. The second-order valence-electron chi connectivity index (χ2n) is 6.54. The van der Waals surface area contributed by atoms with E-state index in [0.29, 0.717) is 25.1 Å². The van der Waals surface area contributed by atoms with Gasteiger partial charge in [0.05, 0.1) is 6.10 Å². The van der Waals surface area contributed by atoms with E-state index in [4.69, 9.17) is 5.73 Å². The lowest BCUT2D eigenvalue weighted by Gasteiger charge is -2.35. The molecule has 3 rings (SSSR count). The summed E-state index contributed by atoms with van der Waals surface area (Å²) in [5.74, 6) is -0.235. The highest BCUT2D eigenvalue weighted by Crippen LogP contribution is 2.24. The van der Waals surface area contributed by atoms with Crippen LogP contribution in [0.15, 0.2) is 48.5 Å². The van der Waals surface area contributed by atoms with E-state index in [-0.39, 0.29) is 25.0 Å². The molecule has 1 aliphatic rings. The standard InChI is InChI=1S/C20H24N2O3/c21-11-14-3-1-4-15(9-14)16-5-2-6-17(10-16)20(25)22-8-7-18(13-23)19(24)12-22/h1-6,9-10,18-19,23-24H,7-8,11-13,21H2. The Morgan fingerprint density at radius 2 is 1.88 bits per heavy atom. The third-order valence-corrected chi connectivity index (χ3v) is 4.85. The highest BCUT2D eigenvalue weighted by molar-refractivity contribution is 5.95. The van der Waals surface area contributed by atoms with Crippen molar-refractivity contribution in [2.45, 2.75) is 19.1 Å². The van der Waals surface area contributed by atoms with Crippen molar-refractivity contribution >= 4 is 5.91 Å². The predicted molar refractivity (Wildman–Crippen MR) is 96.9 cm³/mol. The summed E-state index contributed by atoms with van der Waals surface area (Å²) < 4.78 is 0. The molecule has 4 N–H and O–H groups in total. The molecular formula is C20H24N2O3. The minimum atomic E-state index is -0.674. The number of hydrogen-bond acceptors (Lipinski definition) is 4. The van der Waals surface area contributed by atoms with Gasteiger partial charge in [0.1, 0.15) is 0 Å². The van der Waals surface area contributed by atoms with Crippen molar-refractivity contribution < 1.29 is 15.0 Å². The van der Waals surface area contributed by atoms with E-state index < -0.39 is 6.10 Å². The normalized spacial score (nSPS) is 20.5. The molecule has 2 aromatic carbocycles. The van der Waals surface area contributed by atoms with Crippen LogP contribution in [0.4, 0.5) is 0 Å². The van der Waals surface area contributed by atoms with Gasteiger partial charge in [-0.3, -0.25) is 4.79 Å². The molecule has 0 saturated carbocycles. The lowest BCUT2D eigenvalue weighted by molar-refractivity contribution is 0.000879. The third kappa shape index (κ3) is 3.90. The van der Waals surface area contributed by atoms with E-state index in [2.05, 4.69) is 0 Å². The van der Waals surface area contributed by atoms with Crippen molar-refractivity contribution in [1.29, 1.82) is 0 Å². The number of likely N-dealkylation sites (tertiary alicyclic amines) is 1. The van der Waals surface area contributed by atoms with Crippen molar-refractivity contribution in [3.8, 4) is 11.1 Å². The van der Waals surface area contributed by atoms with Gasteiger partial charge in [-0.2, -0.15) is 0 Å². The molecule has 1 saturated heterocycles. The van der Waals surface area contributed by atoms with Crippen LogP contribution in [0, 0.1) is 5.92 Å². The van der Waals surface area contributed by atoms with Gasteiger partial charge >= 0.3 is 0 Å². The maximum absolute atomic E-state index is 12.8. The number of piperidine rings is 1. The van der Waals surface area contributed by atoms with Gasteiger partial charge in [-0.25, -0.2) is 0 Å². The zero-order valence-electron chi connectivity index (χ0n) is 14.1. The van der Waals surface area contributed by atoms with Crippen molar-refractivity contribution in [3.63, 3.8) is 0 Å². The molecule has 0 aromatic heterocycles. The minimum absolute atomic E-state index is 0.0455. The second kappa shape index (κ2) is 7.78. The van der Waals surface area contributed by atoms with Crippen molar-refractivity contribution in [2.75, 3.05) is 19.7 Å². The lowest BCUT2D eigenvalue weighted by Crippen LogP contribution is -2.47. The molecule has 0 spiro atoms. The molecule has 0 aliphatic carbocycles. The Hall–Kier alpha value is -2.21. The Balaban J connectivity index is 1.80. The Morgan fingerprint density at radius 1 is 1.16 bits per heavy atom. The number of nitrogens with two attached hydrogens (primary N) is 1. The number of aliphatic hydroxyl groups is 2. The fourth-order valence-electron chi connectivity index (χ4n) is 3.27. The summed E-state index contributed by atoms with van der Waals surface area (Å²) in [6.07, 6.45) is -0.0612. The maximum Gasteiger partial charge on any atom is 0.253 e. The van der Waals surface area contributed by atoms with Crippen LogP contribution in [0.5, 0.6) is 0 Å². The van der Waals surface area contributed by atoms with Crippen LogP contribution < -0.4 is 5.73 Å². The van der Waals surface area contributed by atoms with Crippen LogP contribution in [0.1, 0.15) is 22.3 Å². The van der Waals surface area contributed by atoms with E-state index in [1.807, 2.05) is 42.5 Å². The van der Waals surface area contributed by atoms with Gasteiger partial charge in [0, 0.05) is 37.7 Å². The number of rotatable bonds is 4.